The number of anilines is 1. The molecule has 6 aromatic rings. The summed E-state index contributed by atoms with van der Waals surface area (Å²) in [6, 6.07) is 21.9. The molecule has 2 bridgehead atoms. The Balaban J connectivity index is 1.31. The third kappa shape index (κ3) is 3.95. The Bertz CT molecular complexity index is 1790. The van der Waals surface area contributed by atoms with Crippen LogP contribution in [0.2, 0.25) is 0 Å². The highest BCUT2D eigenvalue weighted by Gasteiger charge is 2.24. The molecule has 10 heteroatoms. The number of pyridine rings is 1. The summed E-state index contributed by atoms with van der Waals surface area (Å²) in [4.78, 5) is 28.0. The van der Waals surface area contributed by atoms with Crippen LogP contribution in [0.3, 0.4) is 0 Å². The number of fused-ring (bicyclic) bond motifs is 2. The summed E-state index contributed by atoms with van der Waals surface area (Å²) in [5.41, 5.74) is 4.12. The summed E-state index contributed by atoms with van der Waals surface area (Å²) in [6.07, 6.45) is 1.55. The fourth-order valence-electron chi connectivity index (χ4n) is 4.17. The Labute approximate surface area is 213 Å². The van der Waals surface area contributed by atoms with Crippen LogP contribution < -0.4 is 5.32 Å². The van der Waals surface area contributed by atoms with Crippen LogP contribution in [0.15, 0.2) is 94.0 Å². The lowest BCUT2D eigenvalue weighted by molar-refractivity contribution is -0.384. The van der Waals surface area contributed by atoms with Crippen LogP contribution in [0.25, 0.3) is 45.0 Å². The number of amides is 1. The molecule has 186 valence electrons. The van der Waals surface area contributed by atoms with E-state index in [-0.39, 0.29) is 28.2 Å². The van der Waals surface area contributed by atoms with Crippen molar-refractivity contribution in [1.82, 2.24) is 4.98 Å². The molecule has 0 aliphatic heterocycles. The molecule has 10 nitrogen and oxygen atoms in total. The number of furan rings is 3. The number of nitrogens with one attached hydrogen (secondary N) is 1. The van der Waals surface area contributed by atoms with Crippen molar-refractivity contribution in [3.05, 3.63) is 101 Å². The number of nitro groups is 1. The number of non-ortho nitro benzene ring substituents is 1. The van der Waals surface area contributed by atoms with E-state index >= 15 is 0 Å². The van der Waals surface area contributed by atoms with Crippen molar-refractivity contribution < 1.29 is 28.8 Å². The first-order chi connectivity index (χ1) is 18.4. The van der Waals surface area contributed by atoms with E-state index in [0.29, 0.717) is 28.4 Å². The minimum atomic E-state index is -0.494. The van der Waals surface area contributed by atoms with Crippen LogP contribution in [0.1, 0.15) is 10.4 Å². The van der Waals surface area contributed by atoms with Crippen molar-refractivity contribution in [3.63, 3.8) is 0 Å². The lowest BCUT2D eigenvalue weighted by Gasteiger charge is -2.10. The zero-order valence-electron chi connectivity index (χ0n) is 19.4. The number of carbonyl (C=O) groups excluding carboxylic acids is 1. The molecule has 4 heterocycles. The van der Waals surface area contributed by atoms with Crippen molar-refractivity contribution in [2.24, 2.45) is 0 Å². The molecule has 0 saturated carbocycles. The lowest BCUT2D eigenvalue weighted by atomic mass is 10.0. The Hall–Kier alpha value is -5.64. The first-order valence-electron chi connectivity index (χ1n) is 11.4. The van der Waals surface area contributed by atoms with E-state index in [1.165, 1.54) is 18.2 Å². The fourth-order valence-corrected chi connectivity index (χ4v) is 4.17. The second kappa shape index (κ2) is 8.79. The van der Waals surface area contributed by atoms with Gasteiger partial charge in [-0.2, -0.15) is 0 Å². The number of nitro benzene ring substituents is 1. The van der Waals surface area contributed by atoms with E-state index in [4.69, 9.17) is 13.8 Å². The Morgan fingerprint density at radius 2 is 1.58 bits per heavy atom. The number of hydrogen-bond donors (Lipinski definition) is 3. The van der Waals surface area contributed by atoms with Gasteiger partial charge in [0.1, 0.15) is 5.69 Å². The molecule has 0 atom stereocenters. The number of phenols is 2. The Kier molecular flexibility index (Phi) is 5.27. The van der Waals surface area contributed by atoms with Gasteiger partial charge in [0.15, 0.2) is 16.9 Å². The molecule has 0 unspecified atom stereocenters. The summed E-state index contributed by atoms with van der Waals surface area (Å²) in [6.45, 7) is 0. The van der Waals surface area contributed by atoms with Gasteiger partial charge in [0.2, 0.25) is 11.5 Å². The van der Waals surface area contributed by atoms with Crippen LogP contribution >= 0.6 is 0 Å². The standard InChI is InChI=1S/C28H17N3O7/c32-25-24-14-20(27(38-24)26(25)33)28(34)29-18-7-3-15(4-8-18)17-12-21(16-5-9-19(10-6-16)31(35)36)30-22(13-17)23-2-1-11-37-23/h1-14,32-33H,(H,29,34). The minimum Gasteiger partial charge on any atom is -0.502 e. The van der Waals surface area contributed by atoms with E-state index in [1.54, 1.807) is 42.7 Å². The van der Waals surface area contributed by atoms with Crippen molar-refractivity contribution >= 4 is 28.4 Å². The fraction of sp³-hybridized carbons (Fsp3) is 0. The predicted molar refractivity (Wildman–Crippen MR) is 138 cm³/mol. The largest absolute Gasteiger partial charge is 0.502 e. The molecule has 0 spiro atoms. The maximum atomic E-state index is 12.7. The smallest absolute Gasteiger partial charge is 0.269 e. The number of aromatic hydroxyl groups is 2. The number of rotatable bonds is 6. The average molecular weight is 507 g/mol. The maximum Gasteiger partial charge on any atom is 0.269 e. The molecule has 0 fully saturated rings. The molecule has 2 aromatic carbocycles. The van der Waals surface area contributed by atoms with Gasteiger partial charge in [-0.3, -0.25) is 14.9 Å². The second-order valence-electron chi connectivity index (χ2n) is 8.49. The van der Waals surface area contributed by atoms with Gasteiger partial charge in [-0.25, -0.2) is 4.98 Å². The first-order valence-corrected chi connectivity index (χ1v) is 11.4. The van der Waals surface area contributed by atoms with Crippen LogP contribution in [-0.4, -0.2) is 26.0 Å². The Morgan fingerprint density at radius 1 is 0.868 bits per heavy atom. The zero-order valence-corrected chi connectivity index (χ0v) is 19.4. The van der Waals surface area contributed by atoms with Gasteiger partial charge in [0.05, 0.1) is 22.4 Å². The lowest BCUT2D eigenvalue weighted by Crippen LogP contribution is -2.11. The van der Waals surface area contributed by atoms with Gasteiger partial charge in [0, 0.05) is 29.4 Å². The highest BCUT2D eigenvalue weighted by atomic mass is 16.6. The van der Waals surface area contributed by atoms with Crippen molar-refractivity contribution in [3.8, 4) is 45.3 Å². The molecule has 38 heavy (non-hydrogen) atoms. The molecule has 0 saturated heterocycles. The number of phenolic OH excluding ortho intramolecular Hbond substituents is 2. The number of hydrogen-bond acceptors (Lipinski definition) is 8. The molecule has 6 rings (SSSR count). The number of aromatic nitrogens is 1. The van der Waals surface area contributed by atoms with E-state index in [1.807, 2.05) is 24.3 Å². The topological polar surface area (TPSA) is 152 Å². The zero-order chi connectivity index (χ0) is 26.4. The van der Waals surface area contributed by atoms with Gasteiger partial charge < -0.3 is 24.4 Å². The van der Waals surface area contributed by atoms with Gasteiger partial charge in [-0.1, -0.05) is 12.1 Å². The third-order valence-electron chi connectivity index (χ3n) is 6.10. The third-order valence-corrected chi connectivity index (χ3v) is 6.10. The Morgan fingerprint density at radius 3 is 2.21 bits per heavy atom. The summed E-state index contributed by atoms with van der Waals surface area (Å²) in [5.74, 6) is -0.776. The van der Waals surface area contributed by atoms with Gasteiger partial charge in [-0.05, 0) is 59.7 Å². The average Bonchev–Trinajstić information content (AvgIpc) is 3.68. The second-order valence-corrected chi connectivity index (χ2v) is 8.49. The molecular formula is C28H17N3O7. The van der Waals surface area contributed by atoms with Crippen molar-refractivity contribution in [2.45, 2.75) is 0 Å². The van der Waals surface area contributed by atoms with E-state index in [9.17, 15) is 25.1 Å². The summed E-state index contributed by atoms with van der Waals surface area (Å²) in [5, 5.41) is 33.3. The molecule has 0 aliphatic rings. The quantitative estimate of drug-likeness (QED) is 0.132. The normalized spacial score (nSPS) is 11.2. The first kappa shape index (κ1) is 22.8. The van der Waals surface area contributed by atoms with E-state index in [0.717, 1.165) is 11.1 Å². The molecule has 4 aromatic heterocycles. The highest BCUT2D eigenvalue weighted by molar-refractivity contribution is 6.12. The van der Waals surface area contributed by atoms with Gasteiger partial charge in [-0.15, -0.1) is 0 Å². The van der Waals surface area contributed by atoms with Crippen LogP contribution in [-0.2, 0) is 0 Å². The summed E-state index contributed by atoms with van der Waals surface area (Å²) < 4.78 is 10.8. The summed E-state index contributed by atoms with van der Waals surface area (Å²) in [7, 11) is 0. The SMILES string of the molecule is O=C(Nc1ccc(-c2cc(-c3ccc([N+](=O)[O-])cc3)nc(-c3ccco3)c2)cc1)c1cc2oc1c(O)c2O. The minimum absolute atomic E-state index is 0.0124. The van der Waals surface area contributed by atoms with Crippen LogP contribution in [0, 0.1) is 10.1 Å². The number of benzene rings is 3. The monoisotopic (exact) mass is 507 g/mol. The number of nitrogens with zero attached hydrogens (tertiary/aromatic N) is 2. The molecular weight excluding hydrogens is 490 g/mol. The van der Waals surface area contributed by atoms with E-state index in [2.05, 4.69) is 5.32 Å². The van der Waals surface area contributed by atoms with E-state index < -0.39 is 16.6 Å². The molecule has 0 aliphatic carbocycles. The van der Waals surface area contributed by atoms with Crippen molar-refractivity contribution in [1.29, 1.82) is 0 Å². The molecule has 0 radical (unpaired) electrons. The maximum absolute atomic E-state index is 12.7. The van der Waals surface area contributed by atoms with Crippen LogP contribution in [0.5, 0.6) is 11.5 Å². The molecule has 3 N–H and O–H groups in total. The molecule has 1 amide bonds. The predicted octanol–water partition coefficient (Wildman–Crippen LogP) is 6.43. The highest BCUT2D eigenvalue weighted by Crippen LogP contribution is 2.43. The van der Waals surface area contributed by atoms with Gasteiger partial charge >= 0.3 is 0 Å². The van der Waals surface area contributed by atoms with Gasteiger partial charge in [0.25, 0.3) is 11.6 Å². The van der Waals surface area contributed by atoms with Crippen molar-refractivity contribution in [2.75, 3.05) is 5.32 Å². The van der Waals surface area contributed by atoms with Crippen LogP contribution in [0.4, 0.5) is 11.4 Å². The summed E-state index contributed by atoms with van der Waals surface area (Å²) >= 11 is 0. The number of carbonyl (C=O) groups is 1.